The minimum absolute atomic E-state index is 0.521. The van der Waals surface area contributed by atoms with Crippen molar-refractivity contribution in [2.45, 2.75) is 19.9 Å². The van der Waals surface area contributed by atoms with Gasteiger partial charge in [0.2, 0.25) is 0 Å². The van der Waals surface area contributed by atoms with Gasteiger partial charge in [0.15, 0.2) is 11.5 Å². The summed E-state index contributed by atoms with van der Waals surface area (Å²) in [6.07, 6.45) is 6.48. The van der Waals surface area contributed by atoms with Gasteiger partial charge < -0.3 is 5.32 Å². The van der Waals surface area contributed by atoms with Crippen LogP contribution in [0.3, 0.4) is 0 Å². The second-order valence-corrected chi connectivity index (χ2v) is 5.69. The molecule has 0 bridgehead atoms. The smallest absolute Gasteiger partial charge is 0.163 e. The van der Waals surface area contributed by atoms with Crippen LogP contribution in [-0.4, -0.2) is 36.1 Å². The van der Waals surface area contributed by atoms with Crippen LogP contribution in [-0.2, 0) is 13.6 Å². The van der Waals surface area contributed by atoms with Gasteiger partial charge in [0.1, 0.15) is 12.4 Å². The topological polar surface area (TPSA) is 73.5 Å². The summed E-state index contributed by atoms with van der Waals surface area (Å²) in [5, 5.41) is 12.8. The maximum Gasteiger partial charge on any atom is 0.163 e. The number of anilines is 1. The van der Waals surface area contributed by atoms with Gasteiger partial charge in [0.05, 0.1) is 22.3 Å². The Labute approximate surface area is 130 Å². The molecule has 21 heavy (non-hydrogen) atoms. The molecule has 0 aliphatic carbocycles. The van der Waals surface area contributed by atoms with E-state index >= 15 is 0 Å². The molecule has 3 heterocycles. The lowest BCUT2D eigenvalue weighted by molar-refractivity contribution is 0.655. The fourth-order valence-corrected chi connectivity index (χ4v) is 2.41. The number of hydrogen-bond acceptors (Lipinski definition) is 5. The Bertz CT molecular complexity index is 761. The molecular formula is C13H16BrN7. The summed E-state index contributed by atoms with van der Waals surface area (Å²) in [4.78, 5) is 9.19. The highest BCUT2D eigenvalue weighted by atomic mass is 79.9. The molecule has 3 rings (SSSR count). The van der Waals surface area contributed by atoms with Crippen molar-refractivity contribution in [2.24, 2.45) is 7.05 Å². The molecule has 1 N–H and O–H groups in total. The predicted octanol–water partition coefficient (Wildman–Crippen LogP) is 2.19. The van der Waals surface area contributed by atoms with E-state index in [0.29, 0.717) is 12.4 Å². The molecule has 0 radical (unpaired) electrons. The van der Waals surface area contributed by atoms with Crippen molar-refractivity contribution in [3.63, 3.8) is 0 Å². The minimum atomic E-state index is 0.521. The van der Waals surface area contributed by atoms with Gasteiger partial charge in [-0.3, -0.25) is 9.36 Å². The largest absolute Gasteiger partial charge is 0.369 e. The number of hydrogen-bond donors (Lipinski definition) is 1. The van der Waals surface area contributed by atoms with E-state index in [-0.39, 0.29) is 0 Å². The highest BCUT2D eigenvalue weighted by Crippen LogP contribution is 2.20. The van der Waals surface area contributed by atoms with Gasteiger partial charge in [0, 0.05) is 19.8 Å². The molecule has 8 heteroatoms. The summed E-state index contributed by atoms with van der Waals surface area (Å²) in [6.45, 7) is 3.51. The Balaban J connectivity index is 1.99. The summed E-state index contributed by atoms with van der Waals surface area (Å²) in [7, 11) is 1.88. The van der Waals surface area contributed by atoms with Gasteiger partial charge in [-0.1, -0.05) is 6.92 Å². The summed E-state index contributed by atoms with van der Waals surface area (Å²) in [5.74, 6) is 1.54. The first-order valence-corrected chi connectivity index (χ1v) is 7.57. The van der Waals surface area contributed by atoms with E-state index in [4.69, 9.17) is 0 Å². The van der Waals surface area contributed by atoms with E-state index < -0.39 is 0 Å². The van der Waals surface area contributed by atoms with Crippen LogP contribution in [0.1, 0.15) is 19.2 Å². The van der Waals surface area contributed by atoms with Crippen LogP contribution in [0.5, 0.6) is 0 Å². The van der Waals surface area contributed by atoms with Crippen LogP contribution in [0.4, 0.5) is 5.82 Å². The Kier molecular flexibility index (Phi) is 3.87. The zero-order valence-electron chi connectivity index (χ0n) is 11.9. The van der Waals surface area contributed by atoms with E-state index in [0.717, 1.165) is 34.3 Å². The van der Waals surface area contributed by atoms with Gasteiger partial charge in [-0.15, -0.1) is 0 Å². The zero-order valence-corrected chi connectivity index (χ0v) is 13.5. The number of nitrogens with one attached hydrogen (secondary N) is 1. The Morgan fingerprint density at radius 2 is 2.10 bits per heavy atom. The fraction of sp³-hybridized carbons (Fsp3) is 0.385. The molecule has 0 unspecified atom stereocenters. The van der Waals surface area contributed by atoms with Crippen LogP contribution in [0.25, 0.3) is 11.0 Å². The SMILES string of the molecule is CCCNc1nc(Cn2cc(Br)cn2)nc2c1cnn2C. The lowest BCUT2D eigenvalue weighted by Gasteiger charge is -2.08. The minimum Gasteiger partial charge on any atom is -0.369 e. The van der Waals surface area contributed by atoms with Crippen molar-refractivity contribution in [3.05, 3.63) is 28.9 Å². The summed E-state index contributed by atoms with van der Waals surface area (Å²) >= 11 is 3.39. The van der Waals surface area contributed by atoms with Crippen LogP contribution >= 0.6 is 15.9 Å². The number of fused-ring (bicyclic) bond motifs is 1. The monoisotopic (exact) mass is 349 g/mol. The van der Waals surface area contributed by atoms with Crippen LogP contribution in [0, 0.1) is 0 Å². The standard InChI is InChI=1S/C13H16BrN7/c1-3-4-15-12-10-6-16-20(2)13(10)19-11(18-12)8-21-7-9(14)5-17-21/h5-7H,3-4,8H2,1-2H3,(H,15,18,19). The van der Waals surface area contributed by atoms with Gasteiger partial charge in [-0.25, -0.2) is 9.97 Å². The van der Waals surface area contributed by atoms with E-state index in [9.17, 15) is 0 Å². The fourth-order valence-electron chi connectivity index (χ4n) is 2.09. The third-order valence-electron chi connectivity index (χ3n) is 3.09. The normalized spacial score (nSPS) is 11.2. The van der Waals surface area contributed by atoms with Crippen molar-refractivity contribution in [3.8, 4) is 0 Å². The van der Waals surface area contributed by atoms with Crippen molar-refractivity contribution in [1.29, 1.82) is 0 Å². The first-order chi connectivity index (χ1) is 10.2. The molecule has 0 spiro atoms. The highest BCUT2D eigenvalue weighted by molar-refractivity contribution is 9.10. The number of aromatic nitrogens is 6. The molecule has 110 valence electrons. The Morgan fingerprint density at radius 1 is 1.24 bits per heavy atom. The maximum atomic E-state index is 4.60. The van der Waals surface area contributed by atoms with E-state index in [1.54, 1.807) is 21.8 Å². The maximum absolute atomic E-state index is 4.60. The number of halogens is 1. The van der Waals surface area contributed by atoms with Gasteiger partial charge in [-0.05, 0) is 22.4 Å². The average Bonchev–Trinajstić information content (AvgIpc) is 3.03. The van der Waals surface area contributed by atoms with E-state index in [1.807, 2.05) is 13.2 Å². The molecule has 0 fully saturated rings. The summed E-state index contributed by atoms with van der Waals surface area (Å²) in [6, 6.07) is 0. The van der Waals surface area contributed by atoms with Gasteiger partial charge in [0.25, 0.3) is 0 Å². The summed E-state index contributed by atoms with van der Waals surface area (Å²) in [5.41, 5.74) is 0.824. The van der Waals surface area contributed by atoms with E-state index in [2.05, 4.69) is 48.3 Å². The Morgan fingerprint density at radius 3 is 2.81 bits per heavy atom. The molecule has 0 saturated heterocycles. The summed E-state index contributed by atoms with van der Waals surface area (Å²) < 4.78 is 4.50. The molecule has 7 nitrogen and oxygen atoms in total. The molecule has 3 aromatic rings. The molecule has 0 saturated carbocycles. The quantitative estimate of drug-likeness (QED) is 0.764. The second kappa shape index (κ2) is 5.80. The predicted molar refractivity (Wildman–Crippen MR) is 84.1 cm³/mol. The number of nitrogens with zero attached hydrogens (tertiary/aromatic N) is 6. The van der Waals surface area contributed by atoms with Crippen LogP contribution in [0.2, 0.25) is 0 Å². The van der Waals surface area contributed by atoms with Crippen molar-refractivity contribution in [2.75, 3.05) is 11.9 Å². The number of aryl methyl sites for hydroxylation is 1. The van der Waals surface area contributed by atoms with Crippen molar-refractivity contribution in [1.82, 2.24) is 29.5 Å². The van der Waals surface area contributed by atoms with E-state index in [1.165, 1.54) is 0 Å². The highest BCUT2D eigenvalue weighted by Gasteiger charge is 2.11. The zero-order chi connectivity index (χ0) is 14.8. The molecule has 0 aliphatic rings. The molecule has 0 amide bonds. The molecule has 0 atom stereocenters. The third kappa shape index (κ3) is 2.90. The molecular weight excluding hydrogens is 334 g/mol. The first kappa shape index (κ1) is 14.0. The lowest BCUT2D eigenvalue weighted by atomic mass is 10.3. The van der Waals surface area contributed by atoms with Crippen LogP contribution in [0.15, 0.2) is 23.1 Å². The van der Waals surface area contributed by atoms with Crippen molar-refractivity contribution < 1.29 is 0 Å². The Hall–Kier alpha value is -1.96. The molecule has 0 aromatic carbocycles. The first-order valence-electron chi connectivity index (χ1n) is 6.78. The van der Waals surface area contributed by atoms with Gasteiger partial charge >= 0.3 is 0 Å². The van der Waals surface area contributed by atoms with Crippen molar-refractivity contribution >= 4 is 32.8 Å². The number of rotatable bonds is 5. The third-order valence-corrected chi connectivity index (χ3v) is 3.50. The molecule has 0 aliphatic heterocycles. The van der Waals surface area contributed by atoms with Gasteiger partial charge in [-0.2, -0.15) is 10.2 Å². The molecule has 3 aromatic heterocycles. The van der Waals surface area contributed by atoms with Crippen LogP contribution < -0.4 is 5.32 Å². The lowest BCUT2D eigenvalue weighted by Crippen LogP contribution is -2.10. The average molecular weight is 350 g/mol. The second-order valence-electron chi connectivity index (χ2n) is 4.78.